The van der Waals surface area contributed by atoms with Gasteiger partial charge in [0.2, 0.25) is 5.75 Å². The number of hydrogen-bond donors (Lipinski definition) is 1. The van der Waals surface area contributed by atoms with Gasteiger partial charge in [-0.3, -0.25) is 15.1 Å². The Hall–Kier alpha value is -3.73. The molecule has 0 fully saturated rings. The van der Waals surface area contributed by atoms with Crippen molar-refractivity contribution in [3.05, 3.63) is 93.6 Å². The van der Waals surface area contributed by atoms with Gasteiger partial charge in [-0.1, -0.05) is 18.2 Å². The maximum atomic E-state index is 14.9. The standard InChI is InChI=1S/C21H13F2N2O7PS/c22-21(23,33(29,30)32-15-4-3-9-24-12-15)14-7-8-18-13(10-14)11-19(34-18)20(26)31-17-6-2-1-5-16(17)25(27)28/h1-12H,(H,29,30). The number of nitro benzene ring substituents is 1. The number of pyridine rings is 1. The van der Waals surface area contributed by atoms with Crippen molar-refractivity contribution in [3.63, 3.8) is 0 Å². The molecule has 4 rings (SSSR count). The topological polar surface area (TPSA) is 129 Å². The first-order valence-electron chi connectivity index (χ1n) is 9.38. The molecule has 13 heteroatoms. The molecule has 2 aromatic carbocycles. The summed E-state index contributed by atoms with van der Waals surface area (Å²) in [5.74, 6) is -1.49. The second-order valence-electron chi connectivity index (χ2n) is 6.82. The Morgan fingerprint density at radius 1 is 1.15 bits per heavy atom. The van der Waals surface area contributed by atoms with Gasteiger partial charge in [0.05, 0.1) is 11.1 Å². The molecular weight excluding hydrogens is 493 g/mol. The van der Waals surface area contributed by atoms with Crippen LogP contribution in [0, 0.1) is 10.1 Å². The summed E-state index contributed by atoms with van der Waals surface area (Å²) in [5.41, 5.74) is -5.48. The molecule has 0 radical (unpaired) electrons. The summed E-state index contributed by atoms with van der Waals surface area (Å²) in [5, 5.41) is 11.3. The maximum Gasteiger partial charge on any atom is 0.450 e. The number of nitro groups is 1. The maximum absolute atomic E-state index is 14.9. The van der Waals surface area contributed by atoms with Crippen LogP contribution in [0.1, 0.15) is 15.2 Å². The first-order valence-corrected chi connectivity index (χ1v) is 11.8. The number of carbonyl (C=O) groups excluding carboxylic acids is 1. The van der Waals surface area contributed by atoms with E-state index in [9.17, 15) is 33.1 Å². The first kappa shape index (κ1) is 23.4. The van der Waals surface area contributed by atoms with Crippen LogP contribution in [0.15, 0.2) is 73.1 Å². The highest BCUT2D eigenvalue weighted by Gasteiger charge is 2.54. The third-order valence-corrected chi connectivity index (χ3v) is 7.07. The molecule has 0 aliphatic heterocycles. The van der Waals surface area contributed by atoms with E-state index < -0.39 is 35.4 Å². The molecule has 0 spiro atoms. The van der Waals surface area contributed by atoms with E-state index in [2.05, 4.69) is 9.51 Å². The number of ether oxygens (including phenoxy) is 1. The summed E-state index contributed by atoms with van der Waals surface area (Å²) >= 11 is 0.908. The lowest BCUT2D eigenvalue weighted by atomic mass is 10.1. The molecule has 1 N–H and O–H groups in total. The van der Waals surface area contributed by atoms with E-state index in [1.165, 1.54) is 54.7 Å². The molecule has 0 amide bonds. The Bertz CT molecular complexity index is 1450. The number of alkyl halides is 2. The van der Waals surface area contributed by atoms with Gasteiger partial charge in [0.1, 0.15) is 10.6 Å². The van der Waals surface area contributed by atoms with E-state index in [-0.39, 0.29) is 21.8 Å². The first-order chi connectivity index (χ1) is 16.1. The van der Waals surface area contributed by atoms with Crippen molar-refractivity contribution in [2.75, 3.05) is 0 Å². The summed E-state index contributed by atoms with van der Waals surface area (Å²) in [6.45, 7) is 0. The van der Waals surface area contributed by atoms with Gasteiger partial charge < -0.3 is 14.2 Å². The van der Waals surface area contributed by atoms with Crippen molar-refractivity contribution in [1.82, 2.24) is 4.98 Å². The fourth-order valence-electron chi connectivity index (χ4n) is 2.94. The number of nitrogens with zero attached hydrogens (tertiary/aromatic N) is 2. The van der Waals surface area contributed by atoms with Crippen LogP contribution in [0.5, 0.6) is 11.5 Å². The molecule has 1 unspecified atom stereocenters. The Balaban J connectivity index is 1.61. The van der Waals surface area contributed by atoms with Crippen LogP contribution in [0.3, 0.4) is 0 Å². The molecule has 0 saturated heterocycles. The van der Waals surface area contributed by atoms with Gasteiger partial charge in [-0.2, -0.15) is 8.78 Å². The quantitative estimate of drug-likeness (QED) is 0.111. The normalized spacial score (nSPS) is 13.3. The van der Waals surface area contributed by atoms with Gasteiger partial charge in [0.25, 0.3) is 0 Å². The van der Waals surface area contributed by atoms with Gasteiger partial charge in [-0.25, -0.2) is 9.36 Å². The van der Waals surface area contributed by atoms with Crippen molar-refractivity contribution in [3.8, 4) is 11.5 Å². The third kappa shape index (κ3) is 4.51. The van der Waals surface area contributed by atoms with E-state index >= 15 is 0 Å². The van der Waals surface area contributed by atoms with Crippen molar-refractivity contribution in [2.45, 2.75) is 5.66 Å². The average Bonchev–Trinajstić information content (AvgIpc) is 3.23. The van der Waals surface area contributed by atoms with E-state index in [0.717, 1.165) is 29.7 Å². The second kappa shape index (κ2) is 8.90. The molecule has 0 saturated carbocycles. The zero-order chi connectivity index (χ0) is 24.5. The highest BCUT2D eigenvalue weighted by Crippen LogP contribution is 2.62. The number of hydrogen-bond acceptors (Lipinski definition) is 8. The summed E-state index contributed by atoms with van der Waals surface area (Å²) in [4.78, 5) is 36.5. The second-order valence-corrected chi connectivity index (χ2v) is 9.69. The van der Waals surface area contributed by atoms with Crippen molar-refractivity contribution in [1.29, 1.82) is 0 Å². The fourth-order valence-corrected chi connectivity index (χ4v) is 4.83. The van der Waals surface area contributed by atoms with Crippen LogP contribution in [0.25, 0.3) is 10.1 Å². The fraction of sp³-hybridized carbons (Fsp3) is 0.0476. The monoisotopic (exact) mass is 506 g/mol. The Morgan fingerprint density at radius 2 is 1.91 bits per heavy atom. The number of halogens is 2. The zero-order valence-corrected chi connectivity index (χ0v) is 18.5. The Kier molecular flexibility index (Phi) is 6.13. The molecule has 1 atom stereocenters. The number of benzene rings is 2. The number of fused-ring (bicyclic) bond motifs is 1. The molecule has 174 valence electrons. The van der Waals surface area contributed by atoms with Crippen LogP contribution in [-0.4, -0.2) is 20.8 Å². The molecule has 34 heavy (non-hydrogen) atoms. The van der Waals surface area contributed by atoms with Crippen LogP contribution >= 0.6 is 18.9 Å². The molecule has 2 heterocycles. The van der Waals surface area contributed by atoms with E-state index in [0.29, 0.717) is 4.70 Å². The molecule has 0 aliphatic carbocycles. The van der Waals surface area contributed by atoms with Crippen LogP contribution in [-0.2, 0) is 10.2 Å². The highest BCUT2D eigenvalue weighted by molar-refractivity contribution is 7.54. The molecular formula is C21H13F2N2O7PS. The van der Waals surface area contributed by atoms with Crippen molar-refractivity contribution >= 4 is 40.7 Å². The average molecular weight is 506 g/mol. The van der Waals surface area contributed by atoms with E-state index in [4.69, 9.17) is 4.74 Å². The summed E-state index contributed by atoms with van der Waals surface area (Å²) < 4.78 is 52.4. The van der Waals surface area contributed by atoms with Crippen LogP contribution < -0.4 is 9.26 Å². The van der Waals surface area contributed by atoms with Gasteiger partial charge in [-0.05, 0) is 41.8 Å². The predicted molar refractivity (Wildman–Crippen MR) is 118 cm³/mol. The minimum absolute atomic E-state index is 0.00703. The number of para-hydroxylation sites is 2. The van der Waals surface area contributed by atoms with Gasteiger partial charge in [0, 0.05) is 22.5 Å². The van der Waals surface area contributed by atoms with Crippen molar-refractivity contribution < 1.29 is 37.2 Å². The smallest absolute Gasteiger partial charge is 0.419 e. The minimum atomic E-state index is -5.52. The highest BCUT2D eigenvalue weighted by atomic mass is 32.1. The predicted octanol–water partition coefficient (Wildman–Crippen LogP) is 5.74. The Morgan fingerprint density at radius 3 is 2.62 bits per heavy atom. The molecule has 9 nitrogen and oxygen atoms in total. The number of thiophene rings is 1. The molecule has 4 aromatic rings. The number of aromatic nitrogens is 1. The minimum Gasteiger partial charge on any atom is -0.419 e. The molecule has 0 aliphatic rings. The van der Waals surface area contributed by atoms with Crippen molar-refractivity contribution in [2.24, 2.45) is 0 Å². The number of rotatable bonds is 7. The lowest BCUT2D eigenvalue weighted by Gasteiger charge is -2.22. The third-order valence-electron chi connectivity index (χ3n) is 4.55. The lowest BCUT2D eigenvalue weighted by molar-refractivity contribution is -0.385. The van der Waals surface area contributed by atoms with Crippen LogP contribution in [0.4, 0.5) is 14.5 Å². The number of carbonyl (C=O) groups is 1. The summed E-state index contributed by atoms with van der Waals surface area (Å²) in [7, 11) is -5.52. The van der Waals surface area contributed by atoms with E-state index in [1.54, 1.807) is 0 Å². The van der Waals surface area contributed by atoms with Crippen LogP contribution in [0.2, 0.25) is 0 Å². The van der Waals surface area contributed by atoms with Gasteiger partial charge >= 0.3 is 24.9 Å². The largest absolute Gasteiger partial charge is 0.450 e. The van der Waals surface area contributed by atoms with Gasteiger partial charge in [0.15, 0.2) is 0 Å². The van der Waals surface area contributed by atoms with Gasteiger partial charge in [-0.15, -0.1) is 11.3 Å². The molecule has 0 bridgehead atoms. The van der Waals surface area contributed by atoms with E-state index in [1.807, 2.05) is 0 Å². The number of esters is 1. The summed E-state index contributed by atoms with van der Waals surface area (Å²) in [6, 6.07) is 12.3. The Labute approximate surface area is 193 Å². The summed E-state index contributed by atoms with van der Waals surface area (Å²) in [6.07, 6.45) is 2.37. The zero-order valence-electron chi connectivity index (χ0n) is 16.8. The SMILES string of the molecule is O=C(Oc1ccccc1[N+](=O)[O-])c1cc2cc(C(F)(F)P(=O)(O)Oc3cccnc3)ccc2s1. The lowest BCUT2D eigenvalue weighted by Crippen LogP contribution is -2.17. The molecule has 2 aromatic heterocycles.